The Hall–Kier alpha value is -3.01. The number of pyridine rings is 1. The Labute approximate surface area is 254 Å². The van der Waals surface area contributed by atoms with E-state index in [0.29, 0.717) is 43.8 Å². The number of amides is 2. The largest absolute Gasteiger partial charge is 0.460 e. The average Bonchev–Trinajstić information content (AvgIpc) is 2.92. The molecule has 10 heteroatoms. The number of nitrogens with two attached hydrogens (primary N) is 1. The predicted molar refractivity (Wildman–Crippen MR) is 163 cm³/mol. The van der Waals surface area contributed by atoms with Crippen molar-refractivity contribution in [2.45, 2.75) is 77.0 Å². The predicted octanol–water partition coefficient (Wildman–Crippen LogP) is 3.97. The molecule has 42 heavy (non-hydrogen) atoms. The molecule has 3 atom stereocenters. The fourth-order valence-corrected chi connectivity index (χ4v) is 5.73. The Morgan fingerprint density at radius 2 is 1.86 bits per heavy atom. The molecule has 1 aliphatic heterocycles. The third-order valence-corrected chi connectivity index (χ3v) is 7.85. The highest BCUT2D eigenvalue weighted by atomic mass is 35.5. The van der Waals surface area contributed by atoms with E-state index in [1.165, 1.54) is 7.11 Å². The van der Waals surface area contributed by atoms with Gasteiger partial charge in [-0.05, 0) is 76.8 Å². The van der Waals surface area contributed by atoms with Crippen molar-refractivity contribution in [2.24, 2.45) is 11.7 Å². The average molecular weight is 601 g/mol. The molecular formula is C32H45ClN4O5. The monoisotopic (exact) mass is 600 g/mol. The summed E-state index contributed by atoms with van der Waals surface area (Å²) in [4.78, 5) is 48.7. The van der Waals surface area contributed by atoms with Crippen LogP contribution >= 0.6 is 11.6 Å². The summed E-state index contributed by atoms with van der Waals surface area (Å²) in [5, 5.41) is 0.620. The van der Waals surface area contributed by atoms with E-state index in [0.717, 1.165) is 17.0 Å². The lowest BCUT2D eigenvalue weighted by Gasteiger charge is -2.49. The number of halogens is 1. The summed E-state index contributed by atoms with van der Waals surface area (Å²) >= 11 is 6.15. The molecule has 0 aliphatic carbocycles. The van der Waals surface area contributed by atoms with Crippen LogP contribution in [0.4, 0.5) is 0 Å². The van der Waals surface area contributed by atoms with Crippen molar-refractivity contribution in [2.75, 3.05) is 33.9 Å². The standard InChI is InChI=1S/C32H45ClN4O5/c1-22-9-7-10-26(35-22)17-24(18-28(38)42-31(2,3)4)29(39)37-16-8-15-32(21-37,19-23-11-13-25(33)14-12-23)36(5)30(40)27(34)20-41-6/h7,9-14,24,27H,8,15-21,34H2,1-6H3/t24?,27?,32-/m1/s1. The Balaban J connectivity index is 1.94. The van der Waals surface area contributed by atoms with Crippen molar-refractivity contribution in [1.29, 1.82) is 0 Å². The molecule has 1 aliphatic rings. The summed E-state index contributed by atoms with van der Waals surface area (Å²) in [5.41, 5.74) is 7.35. The Bertz CT molecular complexity index is 1230. The van der Waals surface area contributed by atoms with Crippen LogP contribution in [-0.4, -0.2) is 83.6 Å². The van der Waals surface area contributed by atoms with Crippen molar-refractivity contribution in [1.82, 2.24) is 14.8 Å². The smallest absolute Gasteiger partial charge is 0.307 e. The van der Waals surface area contributed by atoms with Gasteiger partial charge in [-0.2, -0.15) is 0 Å². The maximum Gasteiger partial charge on any atom is 0.307 e. The zero-order valence-corrected chi connectivity index (χ0v) is 26.4. The van der Waals surface area contributed by atoms with E-state index < -0.39 is 29.1 Å². The first-order valence-electron chi connectivity index (χ1n) is 14.4. The maximum absolute atomic E-state index is 14.2. The minimum atomic E-state index is -0.833. The van der Waals surface area contributed by atoms with Crippen LogP contribution in [0.1, 0.15) is 57.0 Å². The van der Waals surface area contributed by atoms with Crippen LogP contribution in [0.3, 0.4) is 0 Å². The number of carbonyl (C=O) groups is 3. The first-order chi connectivity index (χ1) is 19.7. The lowest BCUT2D eigenvalue weighted by atomic mass is 9.80. The number of benzene rings is 1. The topological polar surface area (TPSA) is 115 Å². The molecule has 1 aromatic carbocycles. The van der Waals surface area contributed by atoms with Gasteiger partial charge in [0.2, 0.25) is 11.8 Å². The molecule has 3 rings (SSSR count). The van der Waals surface area contributed by atoms with Gasteiger partial charge in [0.05, 0.1) is 24.5 Å². The molecular weight excluding hydrogens is 556 g/mol. The van der Waals surface area contributed by atoms with Crippen LogP contribution in [0.25, 0.3) is 0 Å². The van der Waals surface area contributed by atoms with Crippen molar-refractivity contribution in [3.05, 3.63) is 64.4 Å². The normalized spacial score (nSPS) is 18.7. The number of methoxy groups -OCH3 is 1. The number of likely N-dealkylation sites (N-methyl/N-ethyl adjacent to an activating group) is 1. The molecule has 9 nitrogen and oxygen atoms in total. The van der Waals surface area contributed by atoms with E-state index in [2.05, 4.69) is 4.98 Å². The highest BCUT2D eigenvalue weighted by Crippen LogP contribution is 2.33. The SMILES string of the molecule is COCC(N)C(=O)N(C)[C@@]1(Cc2ccc(Cl)cc2)CCCN(C(=O)C(CC(=O)OC(C)(C)C)Cc2cccc(C)n2)C1. The molecule has 1 aromatic heterocycles. The van der Waals surface area contributed by atoms with Gasteiger partial charge in [0, 0.05) is 50.1 Å². The van der Waals surface area contributed by atoms with E-state index in [9.17, 15) is 14.4 Å². The van der Waals surface area contributed by atoms with Crippen LogP contribution in [0.5, 0.6) is 0 Å². The van der Waals surface area contributed by atoms with E-state index >= 15 is 0 Å². The molecule has 2 heterocycles. The molecule has 1 fully saturated rings. The summed E-state index contributed by atoms with van der Waals surface area (Å²) in [7, 11) is 3.25. The summed E-state index contributed by atoms with van der Waals surface area (Å²) in [6, 6.07) is 12.3. The molecule has 2 unspecified atom stereocenters. The second-order valence-electron chi connectivity index (χ2n) is 12.3. The second kappa shape index (κ2) is 14.4. The highest BCUT2D eigenvalue weighted by molar-refractivity contribution is 6.30. The molecule has 0 spiro atoms. The van der Waals surface area contributed by atoms with Gasteiger partial charge in [-0.25, -0.2) is 0 Å². The second-order valence-corrected chi connectivity index (χ2v) is 12.7. The quantitative estimate of drug-likeness (QED) is 0.388. The summed E-state index contributed by atoms with van der Waals surface area (Å²) < 4.78 is 10.7. The number of rotatable bonds is 11. The Morgan fingerprint density at radius 3 is 2.48 bits per heavy atom. The van der Waals surface area contributed by atoms with Gasteiger partial charge in [-0.1, -0.05) is 29.8 Å². The van der Waals surface area contributed by atoms with Gasteiger partial charge < -0.3 is 25.0 Å². The molecule has 0 radical (unpaired) electrons. The minimum Gasteiger partial charge on any atom is -0.460 e. The molecule has 2 aromatic rings. The summed E-state index contributed by atoms with van der Waals surface area (Å²) in [6.07, 6.45) is 2.09. The van der Waals surface area contributed by atoms with Gasteiger partial charge in [0.1, 0.15) is 11.6 Å². The number of aromatic nitrogens is 1. The number of likely N-dealkylation sites (tertiary alicyclic amines) is 1. The zero-order valence-electron chi connectivity index (χ0n) is 25.7. The van der Waals surface area contributed by atoms with Gasteiger partial charge in [0.15, 0.2) is 0 Å². The summed E-state index contributed by atoms with van der Waals surface area (Å²) in [6.45, 7) is 8.21. The molecule has 0 saturated carbocycles. The van der Waals surface area contributed by atoms with Gasteiger partial charge >= 0.3 is 5.97 Å². The van der Waals surface area contributed by atoms with Crippen molar-refractivity contribution < 1.29 is 23.9 Å². The van der Waals surface area contributed by atoms with Crippen molar-refractivity contribution >= 4 is 29.4 Å². The number of hydrogen-bond acceptors (Lipinski definition) is 7. The molecule has 230 valence electrons. The lowest BCUT2D eigenvalue weighted by Crippen LogP contribution is -2.64. The Morgan fingerprint density at radius 1 is 1.17 bits per heavy atom. The van der Waals surface area contributed by atoms with E-state index in [4.69, 9.17) is 26.8 Å². The minimum absolute atomic E-state index is 0.0696. The third-order valence-electron chi connectivity index (χ3n) is 7.60. The van der Waals surface area contributed by atoms with E-state index in [-0.39, 0.29) is 24.8 Å². The maximum atomic E-state index is 14.2. The fraction of sp³-hybridized carbons (Fsp3) is 0.562. The van der Waals surface area contributed by atoms with E-state index in [1.54, 1.807) is 37.6 Å². The van der Waals surface area contributed by atoms with Crippen LogP contribution < -0.4 is 5.73 Å². The first-order valence-corrected chi connectivity index (χ1v) is 14.8. The number of ether oxygens (including phenoxy) is 2. The number of nitrogens with zero attached hydrogens (tertiary/aromatic N) is 3. The van der Waals surface area contributed by atoms with Gasteiger partial charge in [-0.3, -0.25) is 19.4 Å². The van der Waals surface area contributed by atoms with Crippen molar-refractivity contribution in [3.63, 3.8) is 0 Å². The fourth-order valence-electron chi connectivity index (χ4n) is 5.61. The van der Waals surface area contributed by atoms with Crippen LogP contribution in [0.2, 0.25) is 5.02 Å². The Kier molecular flexibility index (Phi) is 11.5. The molecule has 0 bridgehead atoms. The van der Waals surface area contributed by atoms with Crippen molar-refractivity contribution in [3.8, 4) is 0 Å². The summed E-state index contributed by atoms with van der Waals surface area (Å²) in [5.74, 6) is -1.52. The number of carbonyl (C=O) groups excluding carboxylic acids is 3. The molecule has 2 N–H and O–H groups in total. The van der Waals surface area contributed by atoms with E-state index in [1.807, 2.05) is 49.4 Å². The van der Waals surface area contributed by atoms with Crippen LogP contribution in [0, 0.1) is 12.8 Å². The lowest BCUT2D eigenvalue weighted by molar-refractivity contribution is -0.159. The van der Waals surface area contributed by atoms with Gasteiger partial charge in [0.25, 0.3) is 0 Å². The first kappa shape index (κ1) is 33.5. The number of esters is 1. The highest BCUT2D eigenvalue weighted by Gasteiger charge is 2.44. The third kappa shape index (κ3) is 9.24. The number of hydrogen-bond donors (Lipinski definition) is 1. The number of piperidine rings is 1. The van der Waals surface area contributed by atoms with Crippen LogP contribution in [0.15, 0.2) is 42.5 Å². The zero-order chi connectivity index (χ0) is 31.1. The van der Waals surface area contributed by atoms with Crippen LogP contribution in [-0.2, 0) is 36.7 Å². The number of aryl methyl sites for hydroxylation is 1. The molecule has 2 amide bonds. The molecule has 1 saturated heterocycles. The van der Waals surface area contributed by atoms with Gasteiger partial charge in [-0.15, -0.1) is 0 Å².